The van der Waals surface area contributed by atoms with Crippen LogP contribution in [0.5, 0.6) is 0 Å². The molecule has 0 fully saturated rings. The Morgan fingerprint density at radius 1 is 0.284 bits per heavy atom. The second kappa shape index (κ2) is 55.3. The Morgan fingerprint density at radius 2 is 0.493 bits per heavy atom. The first-order valence-corrected chi connectivity index (χ1v) is 30.4. The van der Waals surface area contributed by atoms with Gasteiger partial charge in [0.1, 0.15) is 13.2 Å². The van der Waals surface area contributed by atoms with Gasteiger partial charge >= 0.3 is 17.9 Å². The van der Waals surface area contributed by atoms with Gasteiger partial charge in [0.2, 0.25) is 0 Å². The summed E-state index contributed by atoms with van der Waals surface area (Å²) in [4.78, 5) is 38.2. The van der Waals surface area contributed by atoms with Gasteiger partial charge in [-0.1, -0.05) is 310 Å². The molecule has 0 radical (unpaired) electrons. The monoisotopic (exact) mass is 947 g/mol. The zero-order valence-electron chi connectivity index (χ0n) is 45.9. The van der Waals surface area contributed by atoms with Gasteiger partial charge in [-0.2, -0.15) is 0 Å². The molecule has 0 heterocycles. The van der Waals surface area contributed by atoms with Gasteiger partial charge < -0.3 is 14.2 Å². The van der Waals surface area contributed by atoms with E-state index in [1.165, 1.54) is 244 Å². The van der Waals surface area contributed by atoms with E-state index in [-0.39, 0.29) is 31.1 Å². The van der Waals surface area contributed by atoms with Crippen molar-refractivity contribution in [2.75, 3.05) is 13.2 Å². The minimum Gasteiger partial charge on any atom is -0.462 e. The minimum atomic E-state index is -0.762. The van der Waals surface area contributed by atoms with Crippen LogP contribution in [-0.2, 0) is 28.6 Å². The van der Waals surface area contributed by atoms with E-state index >= 15 is 0 Å². The number of ether oxygens (including phenoxy) is 3. The smallest absolute Gasteiger partial charge is 0.306 e. The first-order chi connectivity index (χ1) is 32.9. The minimum absolute atomic E-state index is 0.0614. The third kappa shape index (κ3) is 55.2. The third-order valence-electron chi connectivity index (χ3n) is 14.0. The maximum absolute atomic E-state index is 12.9. The van der Waals surface area contributed by atoms with E-state index in [1.807, 2.05) is 0 Å². The molecule has 67 heavy (non-hydrogen) atoms. The van der Waals surface area contributed by atoms with Crippen molar-refractivity contribution < 1.29 is 28.6 Å². The first kappa shape index (κ1) is 65.4. The molecule has 0 aromatic carbocycles. The van der Waals surface area contributed by atoms with Crippen LogP contribution < -0.4 is 0 Å². The van der Waals surface area contributed by atoms with Gasteiger partial charge in [0.05, 0.1) is 0 Å². The number of hydrogen-bond donors (Lipinski definition) is 0. The van der Waals surface area contributed by atoms with Crippen LogP contribution in [0.1, 0.15) is 349 Å². The lowest BCUT2D eigenvalue weighted by atomic mass is 10.0. The van der Waals surface area contributed by atoms with E-state index in [1.54, 1.807) is 0 Å². The van der Waals surface area contributed by atoms with E-state index < -0.39 is 6.10 Å². The summed E-state index contributed by atoms with van der Waals surface area (Å²) in [5.74, 6) is 0.0273. The van der Waals surface area contributed by atoms with E-state index in [4.69, 9.17) is 14.2 Å². The van der Waals surface area contributed by atoms with Gasteiger partial charge in [0.15, 0.2) is 6.10 Å². The molecular formula is C61H118O6. The summed E-state index contributed by atoms with van der Waals surface area (Å²) in [6, 6.07) is 0. The first-order valence-electron chi connectivity index (χ1n) is 30.4. The molecule has 6 nitrogen and oxygen atoms in total. The molecule has 0 aromatic heterocycles. The summed E-state index contributed by atoms with van der Waals surface area (Å²) < 4.78 is 16.9. The zero-order chi connectivity index (χ0) is 48.8. The zero-order valence-corrected chi connectivity index (χ0v) is 45.9. The molecule has 0 amide bonds. The Kier molecular flexibility index (Phi) is 54.0. The highest BCUT2D eigenvalue weighted by Crippen LogP contribution is 2.18. The highest BCUT2D eigenvalue weighted by atomic mass is 16.6. The lowest BCUT2D eigenvalue weighted by Crippen LogP contribution is -2.30. The molecule has 0 spiro atoms. The summed E-state index contributed by atoms with van der Waals surface area (Å²) in [5, 5.41) is 0. The second-order valence-electron chi connectivity index (χ2n) is 21.5. The molecule has 0 rings (SSSR count). The van der Waals surface area contributed by atoms with Crippen molar-refractivity contribution in [3.63, 3.8) is 0 Å². The Hall–Kier alpha value is -1.59. The van der Waals surface area contributed by atoms with Gasteiger partial charge in [-0.05, 0) is 25.2 Å². The van der Waals surface area contributed by atoms with Gasteiger partial charge in [-0.15, -0.1) is 0 Å². The number of carbonyl (C=O) groups excluding carboxylic acids is 3. The fourth-order valence-electron chi connectivity index (χ4n) is 9.46. The van der Waals surface area contributed by atoms with Crippen LogP contribution in [-0.4, -0.2) is 37.2 Å². The quantitative estimate of drug-likeness (QED) is 0.0343. The molecule has 0 aliphatic heterocycles. The van der Waals surface area contributed by atoms with Crippen molar-refractivity contribution in [1.82, 2.24) is 0 Å². The molecule has 6 heteroatoms. The summed E-state index contributed by atoms with van der Waals surface area (Å²) in [7, 11) is 0. The average Bonchev–Trinajstić information content (AvgIpc) is 3.31. The predicted molar refractivity (Wildman–Crippen MR) is 289 cm³/mol. The summed E-state index contributed by atoms with van der Waals surface area (Å²) in [6.07, 6.45) is 61.0. The van der Waals surface area contributed by atoms with Gasteiger partial charge in [0.25, 0.3) is 0 Å². The highest BCUT2D eigenvalue weighted by molar-refractivity contribution is 5.71. The molecule has 0 N–H and O–H groups in total. The topological polar surface area (TPSA) is 78.9 Å². The Bertz CT molecular complexity index is 1010. The lowest BCUT2D eigenvalue weighted by Gasteiger charge is -2.18. The molecular weight excluding hydrogens is 829 g/mol. The van der Waals surface area contributed by atoms with Crippen LogP contribution in [0.25, 0.3) is 0 Å². The van der Waals surface area contributed by atoms with Crippen LogP contribution in [0.4, 0.5) is 0 Å². The highest BCUT2D eigenvalue weighted by Gasteiger charge is 2.19. The van der Waals surface area contributed by atoms with Crippen molar-refractivity contribution in [1.29, 1.82) is 0 Å². The Balaban J connectivity index is 4.23. The predicted octanol–water partition coefficient (Wildman–Crippen LogP) is 20.2. The summed E-state index contributed by atoms with van der Waals surface area (Å²) >= 11 is 0. The van der Waals surface area contributed by atoms with Crippen molar-refractivity contribution in [2.45, 2.75) is 355 Å². The fraction of sp³-hybridized carbons (Fsp3) is 0.951. The van der Waals surface area contributed by atoms with Crippen LogP contribution in [0, 0.1) is 5.92 Å². The maximum Gasteiger partial charge on any atom is 0.306 e. The molecule has 0 saturated heterocycles. The van der Waals surface area contributed by atoms with Crippen molar-refractivity contribution >= 4 is 17.9 Å². The van der Waals surface area contributed by atoms with Crippen LogP contribution >= 0.6 is 0 Å². The van der Waals surface area contributed by atoms with Gasteiger partial charge in [-0.25, -0.2) is 0 Å². The SMILES string of the molecule is CCCCCCCCCCCCCCCCCCC(=O)O[C@H](COC(=O)CCCCCCCCCCCCCC)COC(=O)CCCCCCCCCCCCCCCCCCCCC(C)C. The fourth-order valence-corrected chi connectivity index (χ4v) is 9.46. The Morgan fingerprint density at radius 3 is 0.731 bits per heavy atom. The van der Waals surface area contributed by atoms with Crippen LogP contribution in [0.2, 0.25) is 0 Å². The lowest BCUT2D eigenvalue weighted by molar-refractivity contribution is -0.167. The van der Waals surface area contributed by atoms with Gasteiger partial charge in [-0.3, -0.25) is 14.4 Å². The standard InChI is InChI=1S/C61H118O6/c1-5-7-9-11-13-15-17-19-20-26-30-34-38-42-46-50-54-61(64)67-58(55-65-59(62)52-48-44-40-36-32-18-16-14-12-10-8-6-2)56-66-60(63)53-49-45-41-37-33-29-27-24-22-21-23-25-28-31-35-39-43-47-51-57(3)4/h57-58H,5-56H2,1-4H3/t58-/m1/s1. The molecule has 0 aliphatic carbocycles. The maximum atomic E-state index is 12.9. The molecule has 0 aromatic rings. The summed E-state index contributed by atoms with van der Waals surface area (Å²) in [6.45, 7) is 9.08. The molecule has 0 bridgehead atoms. The normalized spacial score (nSPS) is 12.0. The second-order valence-corrected chi connectivity index (χ2v) is 21.5. The van der Waals surface area contributed by atoms with Crippen molar-refractivity contribution in [3.8, 4) is 0 Å². The van der Waals surface area contributed by atoms with Crippen LogP contribution in [0.15, 0.2) is 0 Å². The third-order valence-corrected chi connectivity index (χ3v) is 14.0. The van der Waals surface area contributed by atoms with Gasteiger partial charge in [0, 0.05) is 19.3 Å². The number of hydrogen-bond acceptors (Lipinski definition) is 6. The van der Waals surface area contributed by atoms with Crippen LogP contribution in [0.3, 0.4) is 0 Å². The number of carbonyl (C=O) groups is 3. The average molecular weight is 948 g/mol. The number of esters is 3. The Labute approximate surface area is 418 Å². The molecule has 398 valence electrons. The largest absolute Gasteiger partial charge is 0.462 e. The van der Waals surface area contributed by atoms with Crippen molar-refractivity contribution in [2.24, 2.45) is 5.92 Å². The molecule has 1 atom stereocenters. The van der Waals surface area contributed by atoms with E-state index in [0.717, 1.165) is 63.7 Å². The summed E-state index contributed by atoms with van der Waals surface area (Å²) in [5.41, 5.74) is 0. The molecule has 0 aliphatic rings. The molecule has 0 saturated carbocycles. The van der Waals surface area contributed by atoms with E-state index in [2.05, 4.69) is 27.7 Å². The van der Waals surface area contributed by atoms with E-state index in [0.29, 0.717) is 19.3 Å². The molecule has 0 unspecified atom stereocenters. The van der Waals surface area contributed by atoms with E-state index in [9.17, 15) is 14.4 Å². The number of unbranched alkanes of at least 4 members (excludes halogenated alkanes) is 43. The van der Waals surface area contributed by atoms with Crippen molar-refractivity contribution in [3.05, 3.63) is 0 Å². The number of rotatable bonds is 56.